The molecule has 2 rings (SSSR count). The van der Waals surface area contributed by atoms with Gasteiger partial charge in [0.1, 0.15) is 0 Å². The van der Waals surface area contributed by atoms with Gasteiger partial charge in [-0.2, -0.15) is 0 Å². The molecule has 1 saturated heterocycles. The number of anilines is 1. The Labute approximate surface area is 105 Å². The Morgan fingerprint density at radius 1 is 1.29 bits per heavy atom. The van der Waals surface area contributed by atoms with Crippen molar-refractivity contribution in [3.63, 3.8) is 0 Å². The normalized spacial score (nSPS) is 24.6. The van der Waals surface area contributed by atoms with E-state index in [1.165, 1.54) is 25.1 Å². The largest absolute Gasteiger partial charge is 0.371 e. The van der Waals surface area contributed by atoms with Crippen LogP contribution in [0.4, 0.5) is 5.69 Å². The molecular weight excluding hydrogens is 208 g/mol. The first-order chi connectivity index (χ1) is 8.23. The van der Waals surface area contributed by atoms with Crippen molar-refractivity contribution in [3.8, 4) is 0 Å². The maximum Gasteiger partial charge on any atom is 0.0366 e. The lowest BCUT2D eigenvalue weighted by molar-refractivity contribution is 0.241. The second-order valence-corrected chi connectivity index (χ2v) is 5.44. The molecule has 1 aromatic rings. The zero-order valence-corrected chi connectivity index (χ0v) is 11.1. The number of benzene rings is 1. The predicted octanol–water partition coefficient (Wildman–Crippen LogP) is 2.90. The Kier molecular flexibility index (Phi) is 4.06. The number of hydrogen-bond donors (Lipinski definition) is 1. The fourth-order valence-corrected chi connectivity index (χ4v) is 2.74. The van der Waals surface area contributed by atoms with E-state index in [1.54, 1.807) is 0 Å². The smallest absolute Gasteiger partial charge is 0.0366 e. The second-order valence-electron chi connectivity index (χ2n) is 5.44. The number of nitrogens with one attached hydrogen (secondary N) is 1. The van der Waals surface area contributed by atoms with Crippen LogP contribution in [0.2, 0.25) is 0 Å². The first-order valence-corrected chi connectivity index (χ1v) is 6.74. The quantitative estimate of drug-likeness (QED) is 0.858. The average Bonchev–Trinajstić information content (AvgIpc) is 2.38. The molecular formula is C15H24N2. The Hall–Kier alpha value is -1.02. The third kappa shape index (κ3) is 3.22. The van der Waals surface area contributed by atoms with E-state index in [4.69, 9.17) is 0 Å². The lowest BCUT2D eigenvalue weighted by Crippen LogP contribution is -2.46. The summed E-state index contributed by atoms with van der Waals surface area (Å²) >= 11 is 0. The molecule has 0 spiro atoms. The van der Waals surface area contributed by atoms with Crippen LogP contribution in [0.25, 0.3) is 0 Å². The van der Waals surface area contributed by atoms with Gasteiger partial charge in [0.15, 0.2) is 0 Å². The maximum atomic E-state index is 3.53. The average molecular weight is 232 g/mol. The summed E-state index contributed by atoms with van der Waals surface area (Å²) in [5.74, 6) is 0. The number of hydrogen-bond acceptors (Lipinski definition) is 2. The van der Waals surface area contributed by atoms with Crippen molar-refractivity contribution < 1.29 is 0 Å². The Bertz CT molecular complexity index is 328. The molecule has 0 aliphatic carbocycles. The molecule has 94 valence electrons. The highest BCUT2D eigenvalue weighted by Crippen LogP contribution is 2.28. The van der Waals surface area contributed by atoms with Crippen molar-refractivity contribution in [2.24, 2.45) is 5.41 Å². The first kappa shape index (κ1) is 12.4. The van der Waals surface area contributed by atoms with Crippen molar-refractivity contribution in [3.05, 3.63) is 30.3 Å². The molecule has 1 unspecified atom stereocenters. The summed E-state index contributed by atoms with van der Waals surface area (Å²) in [6, 6.07) is 10.8. The van der Waals surface area contributed by atoms with Gasteiger partial charge in [0, 0.05) is 25.3 Å². The lowest BCUT2D eigenvalue weighted by Gasteiger charge is -2.39. The summed E-state index contributed by atoms with van der Waals surface area (Å²) in [5, 5.41) is 3.53. The summed E-state index contributed by atoms with van der Waals surface area (Å²) in [6.45, 7) is 9.22. The highest BCUT2D eigenvalue weighted by atomic mass is 15.1. The van der Waals surface area contributed by atoms with Crippen molar-refractivity contribution >= 4 is 5.69 Å². The van der Waals surface area contributed by atoms with Gasteiger partial charge in [-0.1, -0.05) is 25.1 Å². The van der Waals surface area contributed by atoms with Crippen LogP contribution in [0.3, 0.4) is 0 Å². The van der Waals surface area contributed by atoms with Gasteiger partial charge in [-0.05, 0) is 43.9 Å². The van der Waals surface area contributed by atoms with Gasteiger partial charge in [0.2, 0.25) is 0 Å². The molecule has 1 aromatic carbocycles. The van der Waals surface area contributed by atoms with Crippen LogP contribution in [0.1, 0.15) is 26.7 Å². The minimum atomic E-state index is 0.421. The summed E-state index contributed by atoms with van der Waals surface area (Å²) in [6.07, 6.45) is 2.65. The number of rotatable bonds is 4. The highest BCUT2D eigenvalue weighted by molar-refractivity contribution is 5.46. The Morgan fingerprint density at radius 3 is 2.65 bits per heavy atom. The van der Waals surface area contributed by atoms with Crippen molar-refractivity contribution in [2.45, 2.75) is 26.7 Å². The number of nitrogens with zero attached hydrogens (tertiary/aromatic N) is 1. The molecule has 1 atom stereocenters. The fraction of sp³-hybridized carbons (Fsp3) is 0.600. The van der Waals surface area contributed by atoms with Crippen LogP contribution in [0, 0.1) is 5.41 Å². The molecule has 0 radical (unpaired) electrons. The van der Waals surface area contributed by atoms with Crippen molar-refractivity contribution in [1.82, 2.24) is 5.32 Å². The minimum absolute atomic E-state index is 0.421. The topological polar surface area (TPSA) is 15.3 Å². The minimum Gasteiger partial charge on any atom is -0.371 e. The summed E-state index contributed by atoms with van der Waals surface area (Å²) in [7, 11) is 0. The first-order valence-electron chi connectivity index (χ1n) is 6.74. The SMILES string of the molecule is CCN(CC1(C)CCCNC1)c1ccccc1. The molecule has 0 bridgehead atoms. The van der Waals surface area contributed by atoms with E-state index in [0.29, 0.717) is 5.41 Å². The van der Waals surface area contributed by atoms with Gasteiger partial charge < -0.3 is 10.2 Å². The van der Waals surface area contributed by atoms with Crippen LogP contribution in [0.15, 0.2) is 30.3 Å². The summed E-state index contributed by atoms with van der Waals surface area (Å²) in [5.41, 5.74) is 1.77. The van der Waals surface area contributed by atoms with E-state index >= 15 is 0 Å². The Morgan fingerprint density at radius 2 is 2.06 bits per heavy atom. The molecule has 1 aliphatic heterocycles. The number of piperidine rings is 1. The van der Waals surface area contributed by atoms with E-state index in [2.05, 4.69) is 54.4 Å². The molecule has 2 nitrogen and oxygen atoms in total. The molecule has 1 heterocycles. The standard InChI is InChI=1S/C15H24N2/c1-3-17(14-8-5-4-6-9-14)13-15(2)10-7-11-16-12-15/h4-6,8-9,16H,3,7,10-13H2,1-2H3. The van der Waals surface area contributed by atoms with E-state index < -0.39 is 0 Å². The molecule has 0 saturated carbocycles. The molecule has 17 heavy (non-hydrogen) atoms. The molecule has 1 N–H and O–H groups in total. The van der Waals surface area contributed by atoms with E-state index in [9.17, 15) is 0 Å². The van der Waals surface area contributed by atoms with Crippen LogP contribution >= 0.6 is 0 Å². The van der Waals surface area contributed by atoms with Crippen LogP contribution in [-0.4, -0.2) is 26.2 Å². The third-order valence-electron chi connectivity index (χ3n) is 3.76. The van der Waals surface area contributed by atoms with Gasteiger partial charge in [0.25, 0.3) is 0 Å². The third-order valence-corrected chi connectivity index (χ3v) is 3.76. The van der Waals surface area contributed by atoms with E-state index in [-0.39, 0.29) is 0 Å². The van der Waals surface area contributed by atoms with Crippen molar-refractivity contribution in [2.75, 3.05) is 31.1 Å². The zero-order valence-electron chi connectivity index (χ0n) is 11.1. The maximum absolute atomic E-state index is 3.53. The van der Waals surface area contributed by atoms with Gasteiger partial charge in [-0.15, -0.1) is 0 Å². The summed E-state index contributed by atoms with van der Waals surface area (Å²) < 4.78 is 0. The van der Waals surface area contributed by atoms with Gasteiger partial charge in [-0.25, -0.2) is 0 Å². The van der Waals surface area contributed by atoms with Crippen LogP contribution in [-0.2, 0) is 0 Å². The Balaban J connectivity index is 2.04. The molecule has 1 fully saturated rings. The van der Waals surface area contributed by atoms with E-state index in [0.717, 1.165) is 19.6 Å². The van der Waals surface area contributed by atoms with E-state index in [1.807, 2.05) is 0 Å². The fourth-order valence-electron chi connectivity index (χ4n) is 2.74. The van der Waals surface area contributed by atoms with Gasteiger partial charge in [0.05, 0.1) is 0 Å². The second kappa shape index (κ2) is 5.54. The highest BCUT2D eigenvalue weighted by Gasteiger charge is 2.28. The molecule has 1 aliphatic rings. The lowest BCUT2D eigenvalue weighted by atomic mass is 9.82. The monoisotopic (exact) mass is 232 g/mol. The van der Waals surface area contributed by atoms with Gasteiger partial charge >= 0.3 is 0 Å². The zero-order chi connectivity index (χ0) is 12.1. The van der Waals surface area contributed by atoms with Crippen LogP contribution < -0.4 is 10.2 Å². The molecule has 0 aromatic heterocycles. The molecule has 2 heteroatoms. The molecule has 0 amide bonds. The van der Waals surface area contributed by atoms with Crippen LogP contribution in [0.5, 0.6) is 0 Å². The summed E-state index contributed by atoms with van der Waals surface area (Å²) in [4.78, 5) is 2.49. The number of para-hydroxylation sites is 1. The predicted molar refractivity (Wildman–Crippen MR) is 74.5 cm³/mol. The van der Waals surface area contributed by atoms with Crippen molar-refractivity contribution in [1.29, 1.82) is 0 Å². The van der Waals surface area contributed by atoms with Gasteiger partial charge in [-0.3, -0.25) is 0 Å².